The Labute approximate surface area is 127 Å². The molecule has 0 saturated carbocycles. The van der Waals surface area contributed by atoms with Gasteiger partial charge in [0.1, 0.15) is 11.5 Å². The molecule has 6 heteroatoms. The fourth-order valence-electron chi connectivity index (χ4n) is 2.57. The Hall–Kier alpha value is -1.11. The number of hydrogen-bond acceptors (Lipinski definition) is 4. The zero-order valence-corrected chi connectivity index (χ0v) is 14.1. The number of hydrazine groups is 1. The number of furan rings is 1. The molecule has 1 atom stereocenters. The van der Waals surface area contributed by atoms with Crippen LogP contribution >= 0.6 is 15.9 Å². The highest BCUT2D eigenvalue weighted by Crippen LogP contribution is 2.35. The van der Waals surface area contributed by atoms with E-state index < -0.39 is 0 Å². The van der Waals surface area contributed by atoms with Gasteiger partial charge in [0, 0.05) is 11.6 Å². The van der Waals surface area contributed by atoms with Gasteiger partial charge in [-0.3, -0.25) is 10.5 Å². The maximum Gasteiger partial charge on any atom is 0.106 e. The van der Waals surface area contributed by atoms with Crippen molar-refractivity contribution in [3.05, 3.63) is 39.0 Å². The van der Waals surface area contributed by atoms with Gasteiger partial charge in [0.05, 0.1) is 22.4 Å². The summed E-state index contributed by atoms with van der Waals surface area (Å²) in [5.41, 5.74) is 6.11. The van der Waals surface area contributed by atoms with Gasteiger partial charge < -0.3 is 4.42 Å². The number of halogens is 1. The fourth-order valence-corrected chi connectivity index (χ4v) is 3.07. The van der Waals surface area contributed by atoms with Crippen molar-refractivity contribution in [3.63, 3.8) is 0 Å². The van der Waals surface area contributed by atoms with E-state index in [1.54, 1.807) is 6.20 Å². The topological polar surface area (TPSA) is 69.0 Å². The van der Waals surface area contributed by atoms with E-state index in [1.807, 2.05) is 18.5 Å². The molecule has 3 N–H and O–H groups in total. The molecule has 1 unspecified atom stereocenters. The molecular weight excluding hydrogens is 320 g/mol. The molecule has 0 bridgehead atoms. The van der Waals surface area contributed by atoms with E-state index in [0.717, 1.165) is 32.8 Å². The summed E-state index contributed by atoms with van der Waals surface area (Å²) in [4.78, 5) is 0. The lowest BCUT2D eigenvalue weighted by atomic mass is 9.99. The number of rotatable bonds is 4. The maximum absolute atomic E-state index is 5.83. The highest BCUT2D eigenvalue weighted by atomic mass is 79.9. The average Bonchev–Trinajstić information content (AvgIpc) is 2.86. The third-order valence-corrected chi connectivity index (χ3v) is 4.23. The Morgan fingerprint density at radius 2 is 1.95 bits per heavy atom. The summed E-state index contributed by atoms with van der Waals surface area (Å²) in [6, 6.07) is 0.0903. The van der Waals surface area contributed by atoms with Crippen molar-refractivity contribution in [2.24, 2.45) is 5.84 Å². The Kier molecular flexibility index (Phi) is 4.36. The maximum atomic E-state index is 5.83. The second-order valence-corrected chi connectivity index (χ2v) is 6.12. The summed E-state index contributed by atoms with van der Waals surface area (Å²) in [5.74, 6) is 7.63. The van der Waals surface area contributed by atoms with Crippen LogP contribution < -0.4 is 11.3 Å². The van der Waals surface area contributed by atoms with E-state index in [4.69, 9.17) is 10.3 Å². The Morgan fingerprint density at radius 1 is 1.30 bits per heavy atom. The van der Waals surface area contributed by atoms with Crippen LogP contribution in [0.3, 0.4) is 0 Å². The van der Waals surface area contributed by atoms with Crippen molar-refractivity contribution in [1.82, 2.24) is 15.2 Å². The summed E-state index contributed by atoms with van der Waals surface area (Å²) >= 11 is 3.57. The zero-order chi connectivity index (χ0) is 15.0. The van der Waals surface area contributed by atoms with E-state index in [-0.39, 0.29) is 12.1 Å². The molecule has 0 fully saturated rings. The minimum absolute atomic E-state index is 0.160. The van der Waals surface area contributed by atoms with Gasteiger partial charge in [-0.25, -0.2) is 5.43 Å². The van der Waals surface area contributed by atoms with Gasteiger partial charge in [-0.05, 0) is 56.1 Å². The lowest BCUT2D eigenvalue weighted by Crippen LogP contribution is -2.32. The SMILES string of the molecule is Cc1oc(C)c(C(NN)c2c(Br)cnn2C(C)C)c1C. The largest absolute Gasteiger partial charge is 0.466 e. The number of aromatic nitrogens is 2. The molecule has 2 aromatic rings. The lowest BCUT2D eigenvalue weighted by Gasteiger charge is -2.21. The van der Waals surface area contributed by atoms with Crippen LogP contribution in [-0.4, -0.2) is 9.78 Å². The Morgan fingerprint density at radius 3 is 2.40 bits per heavy atom. The van der Waals surface area contributed by atoms with Gasteiger partial charge in [0.15, 0.2) is 0 Å². The van der Waals surface area contributed by atoms with Gasteiger partial charge in [-0.15, -0.1) is 0 Å². The quantitative estimate of drug-likeness (QED) is 0.661. The van der Waals surface area contributed by atoms with Crippen molar-refractivity contribution in [2.45, 2.75) is 46.7 Å². The van der Waals surface area contributed by atoms with E-state index in [9.17, 15) is 0 Å². The first-order valence-electron chi connectivity index (χ1n) is 6.64. The lowest BCUT2D eigenvalue weighted by molar-refractivity contribution is 0.464. The summed E-state index contributed by atoms with van der Waals surface area (Å²) in [7, 11) is 0. The number of nitrogens with zero attached hydrogens (tertiary/aromatic N) is 2. The van der Waals surface area contributed by atoms with Crippen LogP contribution in [0.1, 0.15) is 54.3 Å². The molecule has 0 spiro atoms. The second kappa shape index (κ2) is 5.71. The minimum atomic E-state index is -0.160. The van der Waals surface area contributed by atoms with Gasteiger partial charge in [0.2, 0.25) is 0 Å². The van der Waals surface area contributed by atoms with Crippen molar-refractivity contribution in [3.8, 4) is 0 Å². The highest BCUT2D eigenvalue weighted by molar-refractivity contribution is 9.10. The molecule has 5 nitrogen and oxygen atoms in total. The van der Waals surface area contributed by atoms with Crippen LogP contribution in [0, 0.1) is 20.8 Å². The Bertz CT molecular complexity index is 615. The summed E-state index contributed by atoms with van der Waals surface area (Å²) in [6.45, 7) is 10.2. The van der Waals surface area contributed by atoms with Gasteiger partial charge >= 0.3 is 0 Å². The zero-order valence-electron chi connectivity index (χ0n) is 12.5. The van der Waals surface area contributed by atoms with Crippen molar-refractivity contribution in [1.29, 1.82) is 0 Å². The summed E-state index contributed by atoms with van der Waals surface area (Å²) in [6.07, 6.45) is 1.80. The average molecular weight is 341 g/mol. The second-order valence-electron chi connectivity index (χ2n) is 5.27. The van der Waals surface area contributed by atoms with E-state index in [0.29, 0.717) is 0 Å². The molecule has 0 saturated heterocycles. The van der Waals surface area contributed by atoms with Crippen molar-refractivity contribution < 1.29 is 4.42 Å². The molecule has 0 aromatic carbocycles. The van der Waals surface area contributed by atoms with E-state index in [1.165, 1.54) is 0 Å². The molecule has 0 radical (unpaired) electrons. The first-order valence-corrected chi connectivity index (χ1v) is 7.43. The van der Waals surface area contributed by atoms with Crippen LogP contribution in [0.2, 0.25) is 0 Å². The summed E-state index contributed by atoms with van der Waals surface area (Å²) in [5, 5.41) is 4.42. The molecule has 2 aromatic heterocycles. The predicted octanol–water partition coefficient (Wildman–Crippen LogP) is 3.30. The molecule has 110 valence electrons. The molecular formula is C14H21BrN4O. The number of nitrogens with two attached hydrogens (primary N) is 1. The molecule has 2 rings (SSSR count). The predicted molar refractivity (Wildman–Crippen MR) is 82.4 cm³/mol. The third-order valence-electron chi connectivity index (χ3n) is 3.62. The highest BCUT2D eigenvalue weighted by Gasteiger charge is 2.27. The minimum Gasteiger partial charge on any atom is -0.466 e. The monoisotopic (exact) mass is 340 g/mol. The van der Waals surface area contributed by atoms with Crippen molar-refractivity contribution in [2.75, 3.05) is 0 Å². The van der Waals surface area contributed by atoms with E-state index in [2.05, 4.69) is 47.2 Å². The van der Waals surface area contributed by atoms with Crippen LogP contribution in [0.25, 0.3) is 0 Å². The molecule has 0 aliphatic heterocycles. The first kappa shape index (κ1) is 15.3. The third kappa shape index (κ3) is 2.43. The van der Waals surface area contributed by atoms with Crippen LogP contribution in [-0.2, 0) is 0 Å². The summed E-state index contributed by atoms with van der Waals surface area (Å²) < 4.78 is 8.63. The smallest absolute Gasteiger partial charge is 0.106 e. The van der Waals surface area contributed by atoms with Crippen LogP contribution in [0.15, 0.2) is 15.1 Å². The molecule has 2 heterocycles. The molecule has 20 heavy (non-hydrogen) atoms. The molecule has 0 amide bonds. The van der Waals surface area contributed by atoms with Gasteiger partial charge in [0.25, 0.3) is 0 Å². The van der Waals surface area contributed by atoms with Gasteiger partial charge in [-0.1, -0.05) is 0 Å². The first-order chi connectivity index (χ1) is 9.38. The van der Waals surface area contributed by atoms with Crippen molar-refractivity contribution >= 4 is 15.9 Å². The van der Waals surface area contributed by atoms with E-state index >= 15 is 0 Å². The normalized spacial score (nSPS) is 13.2. The Balaban J connectivity index is 2.61. The standard InChI is InChI=1S/C14H21BrN4O/c1-7(2)19-14(11(15)6-17-19)13(18-16)12-8(3)9(4)20-10(12)5/h6-7,13,18H,16H2,1-5H3. The molecule has 0 aliphatic carbocycles. The number of hydrogen-bond donors (Lipinski definition) is 2. The van der Waals surface area contributed by atoms with Crippen LogP contribution in [0.5, 0.6) is 0 Å². The van der Waals surface area contributed by atoms with Gasteiger partial charge in [-0.2, -0.15) is 5.10 Å². The number of nitrogens with one attached hydrogen (secondary N) is 1. The fraction of sp³-hybridized carbons (Fsp3) is 0.500. The van der Waals surface area contributed by atoms with Crippen LogP contribution in [0.4, 0.5) is 0 Å². The molecule has 0 aliphatic rings. The number of aryl methyl sites for hydroxylation is 2.